The molecule has 0 bridgehead atoms. The number of nitrogens with zero attached hydrogens (tertiary/aromatic N) is 4. The smallest absolute Gasteiger partial charge is 0.358 e. The molecule has 2 heterocycles. The molecule has 0 fully saturated rings. The molecule has 0 unspecified atom stereocenters. The highest BCUT2D eigenvalue weighted by Crippen LogP contribution is 2.28. The number of carbonyl (C=O) groups is 1. The van der Waals surface area contributed by atoms with Crippen LogP contribution < -0.4 is 0 Å². The third-order valence-electron chi connectivity index (χ3n) is 4.11. The van der Waals surface area contributed by atoms with E-state index in [0.29, 0.717) is 11.4 Å². The third-order valence-corrected chi connectivity index (χ3v) is 4.11. The SMILES string of the molecule is O=C(O)c1nnn(-c2ccc3c(c2)CCC3)c1-c1ccccn1. The summed E-state index contributed by atoms with van der Waals surface area (Å²) in [5.41, 5.74) is 4.30. The first kappa shape index (κ1) is 13.6. The van der Waals surface area contributed by atoms with E-state index in [9.17, 15) is 9.90 Å². The average Bonchev–Trinajstić information content (AvgIpc) is 3.21. The second-order valence-corrected chi connectivity index (χ2v) is 5.53. The fraction of sp³-hybridized carbons (Fsp3) is 0.176. The number of rotatable bonds is 3. The van der Waals surface area contributed by atoms with E-state index in [1.807, 2.05) is 12.1 Å². The molecule has 23 heavy (non-hydrogen) atoms. The fourth-order valence-corrected chi connectivity index (χ4v) is 3.03. The van der Waals surface area contributed by atoms with Crippen LogP contribution >= 0.6 is 0 Å². The first-order chi connectivity index (χ1) is 11.2. The van der Waals surface area contributed by atoms with Gasteiger partial charge in [0.15, 0.2) is 5.69 Å². The fourth-order valence-electron chi connectivity index (χ4n) is 3.03. The summed E-state index contributed by atoms with van der Waals surface area (Å²) in [5, 5.41) is 17.3. The zero-order chi connectivity index (χ0) is 15.8. The van der Waals surface area contributed by atoms with Gasteiger partial charge in [0, 0.05) is 6.20 Å². The molecule has 1 aliphatic carbocycles. The van der Waals surface area contributed by atoms with Crippen molar-refractivity contribution in [3.8, 4) is 17.1 Å². The van der Waals surface area contributed by atoms with Crippen LogP contribution in [-0.4, -0.2) is 31.1 Å². The van der Waals surface area contributed by atoms with Crippen molar-refractivity contribution in [3.05, 3.63) is 59.4 Å². The molecular weight excluding hydrogens is 292 g/mol. The van der Waals surface area contributed by atoms with Crippen molar-refractivity contribution in [2.45, 2.75) is 19.3 Å². The molecule has 4 rings (SSSR count). The lowest BCUT2D eigenvalue weighted by molar-refractivity contribution is 0.0691. The van der Waals surface area contributed by atoms with Gasteiger partial charge >= 0.3 is 5.97 Å². The first-order valence-electron chi connectivity index (χ1n) is 7.46. The van der Waals surface area contributed by atoms with Gasteiger partial charge in [-0.1, -0.05) is 17.3 Å². The van der Waals surface area contributed by atoms with Crippen LogP contribution in [-0.2, 0) is 12.8 Å². The Hall–Kier alpha value is -3.02. The molecule has 0 amide bonds. The molecule has 6 heteroatoms. The van der Waals surface area contributed by atoms with Crippen molar-refractivity contribution >= 4 is 5.97 Å². The van der Waals surface area contributed by atoms with Gasteiger partial charge in [0.1, 0.15) is 5.69 Å². The molecule has 0 saturated carbocycles. The Balaban J connectivity index is 1.91. The molecule has 0 spiro atoms. The maximum Gasteiger partial charge on any atom is 0.358 e. The van der Waals surface area contributed by atoms with E-state index < -0.39 is 5.97 Å². The minimum atomic E-state index is -1.11. The largest absolute Gasteiger partial charge is 0.476 e. The van der Waals surface area contributed by atoms with E-state index >= 15 is 0 Å². The number of hydrogen-bond donors (Lipinski definition) is 1. The molecule has 0 radical (unpaired) electrons. The monoisotopic (exact) mass is 306 g/mol. The molecule has 3 aromatic rings. The molecule has 2 aromatic heterocycles. The second-order valence-electron chi connectivity index (χ2n) is 5.53. The lowest BCUT2D eigenvalue weighted by Gasteiger charge is -2.08. The van der Waals surface area contributed by atoms with Crippen molar-refractivity contribution in [2.75, 3.05) is 0 Å². The number of carboxylic acid groups (broad SMARTS) is 1. The van der Waals surface area contributed by atoms with Crippen LogP contribution in [0.2, 0.25) is 0 Å². The summed E-state index contributed by atoms with van der Waals surface area (Å²) < 4.78 is 1.56. The first-order valence-corrected chi connectivity index (χ1v) is 7.46. The van der Waals surface area contributed by atoms with Gasteiger partial charge < -0.3 is 5.11 Å². The molecule has 1 aliphatic rings. The van der Waals surface area contributed by atoms with Gasteiger partial charge in [-0.05, 0) is 54.7 Å². The lowest BCUT2D eigenvalue weighted by atomic mass is 10.1. The second kappa shape index (κ2) is 5.31. The van der Waals surface area contributed by atoms with E-state index in [0.717, 1.165) is 24.9 Å². The van der Waals surface area contributed by atoms with Gasteiger partial charge in [0.2, 0.25) is 0 Å². The normalized spacial score (nSPS) is 13.0. The Labute approximate surface area is 132 Å². The topological polar surface area (TPSA) is 80.9 Å². The number of fused-ring (bicyclic) bond motifs is 1. The lowest BCUT2D eigenvalue weighted by Crippen LogP contribution is -2.04. The van der Waals surface area contributed by atoms with Crippen molar-refractivity contribution in [1.82, 2.24) is 20.0 Å². The van der Waals surface area contributed by atoms with Crippen molar-refractivity contribution < 1.29 is 9.90 Å². The molecule has 0 saturated heterocycles. The van der Waals surface area contributed by atoms with Crippen LogP contribution in [0.5, 0.6) is 0 Å². The van der Waals surface area contributed by atoms with E-state index in [1.54, 1.807) is 23.0 Å². The van der Waals surface area contributed by atoms with Gasteiger partial charge in [0.05, 0.1) is 11.4 Å². The van der Waals surface area contributed by atoms with Crippen LogP contribution in [0, 0.1) is 0 Å². The Morgan fingerprint density at radius 1 is 1.13 bits per heavy atom. The van der Waals surface area contributed by atoms with Crippen LogP contribution in [0.1, 0.15) is 28.0 Å². The Morgan fingerprint density at radius 3 is 2.78 bits per heavy atom. The summed E-state index contributed by atoms with van der Waals surface area (Å²) in [6, 6.07) is 11.5. The number of carboxylic acids is 1. The summed E-state index contributed by atoms with van der Waals surface area (Å²) in [6.07, 6.45) is 4.92. The Bertz CT molecular complexity index is 887. The van der Waals surface area contributed by atoms with Gasteiger partial charge in [-0.3, -0.25) is 4.98 Å². The predicted molar refractivity (Wildman–Crippen MR) is 83.6 cm³/mol. The Kier molecular flexibility index (Phi) is 3.15. The number of aryl methyl sites for hydroxylation is 2. The zero-order valence-corrected chi connectivity index (χ0v) is 12.3. The van der Waals surface area contributed by atoms with Crippen LogP contribution in [0.25, 0.3) is 17.1 Å². The molecule has 1 aromatic carbocycles. The highest BCUT2D eigenvalue weighted by molar-refractivity contribution is 5.92. The third kappa shape index (κ3) is 2.28. The number of aromatic nitrogens is 4. The summed E-state index contributed by atoms with van der Waals surface area (Å²) in [5.74, 6) is -1.11. The molecular formula is C17H14N4O2. The van der Waals surface area contributed by atoms with Gasteiger partial charge in [-0.15, -0.1) is 5.10 Å². The van der Waals surface area contributed by atoms with Gasteiger partial charge in [-0.25, -0.2) is 9.48 Å². The van der Waals surface area contributed by atoms with E-state index in [4.69, 9.17) is 0 Å². The maximum absolute atomic E-state index is 11.5. The van der Waals surface area contributed by atoms with Crippen molar-refractivity contribution in [1.29, 1.82) is 0 Å². The van der Waals surface area contributed by atoms with Crippen LogP contribution in [0.4, 0.5) is 0 Å². The summed E-state index contributed by atoms with van der Waals surface area (Å²) >= 11 is 0. The van der Waals surface area contributed by atoms with Crippen LogP contribution in [0.15, 0.2) is 42.6 Å². The highest BCUT2D eigenvalue weighted by Gasteiger charge is 2.23. The molecule has 114 valence electrons. The number of pyridine rings is 1. The van der Waals surface area contributed by atoms with E-state index in [1.165, 1.54) is 11.1 Å². The molecule has 6 nitrogen and oxygen atoms in total. The van der Waals surface area contributed by atoms with Crippen molar-refractivity contribution in [2.24, 2.45) is 0 Å². The van der Waals surface area contributed by atoms with Gasteiger partial charge in [-0.2, -0.15) is 0 Å². The molecule has 1 N–H and O–H groups in total. The number of aromatic carboxylic acids is 1. The molecule has 0 atom stereocenters. The highest BCUT2D eigenvalue weighted by atomic mass is 16.4. The van der Waals surface area contributed by atoms with E-state index in [2.05, 4.69) is 27.4 Å². The number of hydrogen-bond acceptors (Lipinski definition) is 4. The van der Waals surface area contributed by atoms with Gasteiger partial charge in [0.25, 0.3) is 0 Å². The summed E-state index contributed by atoms with van der Waals surface area (Å²) in [4.78, 5) is 15.7. The summed E-state index contributed by atoms with van der Waals surface area (Å²) in [7, 11) is 0. The minimum Gasteiger partial charge on any atom is -0.476 e. The van der Waals surface area contributed by atoms with E-state index in [-0.39, 0.29) is 5.69 Å². The minimum absolute atomic E-state index is 0.0933. The number of benzene rings is 1. The van der Waals surface area contributed by atoms with Crippen molar-refractivity contribution in [3.63, 3.8) is 0 Å². The molecule has 0 aliphatic heterocycles. The quantitative estimate of drug-likeness (QED) is 0.804. The average molecular weight is 306 g/mol. The zero-order valence-electron chi connectivity index (χ0n) is 12.3. The standard InChI is InChI=1S/C17H14N4O2/c22-17(23)15-16(14-6-1-2-9-18-14)21(20-19-15)13-8-7-11-4-3-5-12(11)10-13/h1-2,6-10H,3-5H2,(H,22,23). The predicted octanol–water partition coefficient (Wildman–Crippen LogP) is 2.52. The maximum atomic E-state index is 11.5. The summed E-state index contributed by atoms with van der Waals surface area (Å²) in [6.45, 7) is 0. The van der Waals surface area contributed by atoms with Crippen LogP contribution in [0.3, 0.4) is 0 Å². The Morgan fingerprint density at radius 2 is 2.00 bits per heavy atom.